The molecular formula is C13H19N3O4. The van der Waals surface area contributed by atoms with Crippen LogP contribution in [0.25, 0.3) is 0 Å². The first-order valence-electron chi connectivity index (χ1n) is 6.73. The highest BCUT2D eigenvalue weighted by molar-refractivity contribution is 5.93. The Hall–Kier alpha value is -1.89. The first-order chi connectivity index (χ1) is 9.52. The Morgan fingerprint density at radius 3 is 2.95 bits per heavy atom. The minimum Gasteiger partial charge on any atom is -0.396 e. The predicted octanol–water partition coefficient (Wildman–Crippen LogP) is 1.17. The molecule has 1 aliphatic rings. The van der Waals surface area contributed by atoms with Gasteiger partial charge in [0.25, 0.3) is 11.6 Å². The van der Waals surface area contributed by atoms with Gasteiger partial charge in [0.15, 0.2) is 0 Å². The molecule has 0 bridgehead atoms. The molecule has 1 amide bonds. The number of aliphatic hydroxyl groups is 1. The van der Waals surface area contributed by atoms with Crippen LogP contribution in [0.3, 0.4) is 0 Å². The standard InChI is InChI=1S/C13H19N3O4/c1-14-9-11(16(19)20)7-12(14)13(18)15-5-2-3-10(8-15)4-6-17/h7,9-10,17H,2-6,8H2,1H3. The number of aliphatic hydroxyl groups excluding tert-OH is 1. The van der Waals surface area contributed by atoms with E-state index in [1.54, 1.807) is 11.9 Å². The van der Waals surface area contributed by atoms with Gasteiger partial charge in [0.1, 0.15) is 5.69 Å². The SMILES string of the molecule is Cn1cc([N+](=O)[O-])cc1C(=O)N1CCCC(CCO)C1. The first-order valence-corrected chi connectivity index (χ1v) is 6.73. The number of likely N-dealkylation sites (tertiary alicyclic amines) is 1. The van der Waals surface area contributed by atoms with Crippen molar-refractivity contribution >= 4 is 11.6 Å². The van der Waals surface area contributed by atoms with Crippen molar-refractivity contribution in [3.63, 3.8) is 0 Å². The number of rotatable bonds is 4. The fourth-order valence-electron chi connectivity index (χ4n) is 2.69. The quantitative estimate of drug-likeness (QED) is 0.662. The maximum absolute atomic E-state index is 12.4. The zero-order valence-electron chi connectivity index (χ0n) is 11.5. The minimum atomic E-state index is -0.498. The summed E-state index contributed by atoms with van der Waals surface area (Å²) >= 11 is 0. The van der Waals surface area contributed by atoms with E-state index in [-0.39, 0.29) is 18.2 Å². The van der Waals surface area contributed by atoms with Crippen molar-refractivity contribution in [3.05, 3.63) is 28.1 Å². The van der Waals surface area contributed by atoms with Crippen molar-refractivity contribution in [1.29, 1.82) is 0 Å². The van der Waals surface area contributed by atoms with Gasteiger partial charge in [-0.15, -0.1) is 0 Å². The van der Waals surface area contributed by atoms with Gasteiger partial charge in [0.2, 0.25) is 0 Å². The van der Waals surface area contributed by atoms with Crippen molar-refractivity contribution in [2.24, 2.45) is 13.0 Å². The van der Waals surface area contributed by atoms with Crippen molar-refractivity contribution in [3.8, 4) is 0 Å². The molecule has 1 aromatic heterocycles. The fraction of sp³-hybridized carbons (Fsp3) is 0.615. The second-order valence-corrected chi connectivity index (χ2v) is 5.22. The average Bonchev–Trinajstić information content (AvgIpc) is 2.81. The lowest BCUT2D eigenvalue weighted by molar-refractivity contribution is -0.384. The summed E-state index contributed by atoms with van der Waals surface area (Å²) in [7, 11) is 1.63. The summed E-state index contributed by atoms with van der Waals surface area (Å²) in [5.41, 5.74) is 0.265. The van der Waals surface area contributed by atoms with Crippen LogP contribution in [0.1, 0.15) is 29.8 Å². The van der Waals surface area contributed by atoms with E-state index in [4.69, 9.17) is 5.11 Å². The number of nitrogens with zero attached hydrogens (tertiary/aromatic N) is 3. The van der Waals surface area contributed by atoms with E-state index in [0.717, 1.165) is 12.8 Å². The molecule has 1 atom stereocenters. The van der Waals surface area contributed by atoms with Gasteiger partial charge in [-0.05, 0) is 25.2 Å². The molecule has 0 saturated carbocycles. The Kier molecular flexibility index (Phi) is 4.39. The molecule has 1 fully saturated rings. The topological polar surface area (TPSA) is 88.6 Å². The second-order valence-electron chi connectivity index (χ2n) is 5.22. The van der Waals surface area contributed by atoms with E-state index in [1.807, 2.05) is 0 Å². The van der Waals surface area contributed by atoms with E-state index in [2.05, 4.69) is 0 Å². The first kappa shape index (κ1) is 14.5. The van der Waals surface area contributed by atoms with Gasteiger partial charge < -0.3 is 14.6 Å². The molecule has 110 valence electrons. The van der Waals surface area contributed by atoms with Crippen molar-refractivity contribution < 1.29 is 14.8 Å². The molecule has 0 spiro atoms. The van der Waals surface area contributed by atoms with E-state index in [9.17, 15) is 14.9 Å². The molecule has 2 heterocycles. The lowest BCUT2D eigenvalue weighted by Crippen LogP contribution is -2.40. The van der Waals surface area contributed by atoms with Crippen LogP contribution in [0.15, 0.2) is 12.3 Å². The van der Waals surface area contributed by atoms with E-state index < -0.39 is 4.92 Å². The Bertz CT molecular complexity index is 510. The van der Waals surface area contributed by atoms with Gasteiger partial charge in [0, 0.05) is 32.8 Å². The summed E-state index contributed by atoms with van der Waals surface area (Å²) in [4.78, 5) is 24.4. The number of piperidine rings is 1. The van der Waals surface area contributed by atoms with E-state index in [0.29, 0.717) is 31.1 Å². The van der Waals surface area contributed by atoms with Crippen LogP contribution in [-0.4, -0.2) is 45.1 Å². The lowest BCUT2D eigenvalue weighted by atomic mass is 9.95. The normalized spacial score (nSPS) is 19.1. The number of nitro groups is 1. The Morgan fingerprint density at radius 2 is 2.35 bits per heavy atom. The third kappa shape index (κ3) is 2.98. The van der Waals surface area contributed by atoms with Crippen molar-refractivity contribution in [2.45, 2.75) is 19.3 Å². The van der Waals surface area contributed by atoms with Gasteiger partial charge in [-0.1, -0.05) is 0 Å². The number of aryl methyl sites for hydroxylation is 1. The summed E-state index contributed by atoms with van der Waals surface area (Å²) in [5.74, 6) is 0.135. The van der Waals surface area contributed by atoms with Crippen LogP contribution >= 0.6 is 0 Å². The van der Waals surface area contributed by atoms with Crippen molar-refractivity contribution in [1.82, 2.24) is 9.47 Å². The molecule has 0 aromatic carbocycles. The maximum Gasteiger partial charge on any atom is 0.287 e. The van der Waals surface area contributed by atoms with Gasteiger partial charge in [-0.2, -0.15) is 0 Å². The second kappa shape index (κ2) is 6.04. The molecule has 1 saturated heterocycles. The summed E-state index contributed by atoms with van der Waals surface area (Å²) < 4.78 is 1.50. The summed E-state index contributed by atoms with van der Waals surface area (Å²) in [6.45, 7) is 1.40. The third-order valence-corrected chi connectivity index (χ3v) is 3.76. The fourth-order valence-corrected chi connectivity index (χ4v) is 2.69. The van der Waals surface area contributed by atoms with Crippen molar-refractivity contribution in [2.75, 3.05) is 19.7 Å². The monoisotopic (exact) mass is 281 g/mol. The molecular weight excluding hydrogens is 262 g/mol. The van der Waals surface area contributed by atoms with E-state index in [1.165, 1.54) is 16.8 Å². The van der Waals surface area contributed by atoms with Gasteiger partial charge >= 0.3 is 0 Å². The third-order valence-electron chi connectivity index (χ3n) is 3.76. The van der Waals surface area contributed by atoms with Gasteiger partial charge in [-0.3, -0.25) is 14.9 Å². The molecule has 20 heavy (non-hydrogen) atoms. The number of hydrogen-bond donors (Lipinski definition) is 1. The predicted molar refractivity (Wildman–Crippen MR) is 72.4 cm³/mol. The lowest BCUT2D eigenvalue weighted by Gasteiger charge is -2.32. The van der Waals surface area contributed by atoms with Crippen LogP contribution in [0, 0.1) is 16.0 Å². The minimum absolute atomic E-state index is 0.0697. The molecule has 0 aliphatic carbocycles. The molecule has 2 rings (SSSR count). The maximum atomic E-state index is 12.4. The summed E-state index contributed by atoms with van der Waals surface area (Å²) in [5, 5.41) is 19.7. The Morgan fingerprint density at radius 1 is 1.60 bits per heavy atom. The zero-order chi connectivity index (χ0) is 14.7. The molecule has 7 heteroatoms. The van der Waals surface area contributed by atoms with E-state index >= 15 is 0 Å². The molecule has 1 aliphatic heterocycles. The smallest absolute Gasteiger partial charge is 0.287 e. The molecule has 1 unspecified atom stereocenters. The van der Waals surface area contributed by atoms with Gasteiger partial charge in [0.05, 0.1) is 11.1 Å². The van der Waals surface area contributed by atoms with Crippen LogP contribution in [0.5, 0.6) is 0 Å². The molecule has 7 nitrogen and oxygen atoms in total. The van der Waals surface area contributed by atoms with Crippen LogP contribution in [0.4, 0.5) is 5.69 Å². The Balaban J connectivity index is 2.12. The Labute approximate surface area is 116 Å². The van der Waals surface area contributed by atoms with Gasteiger partial charge in [-0.25, -0.2) is 0 Å². The largest absolute Gasteiger partial charge is 0.396 e. The molecule has 1 aromatic rings. The van der Waals surface area contributed by atoms with Crippen LogP contribution in [-0.2, 0) is 7.05 Å². The highest BCUT2D eigenvalue weighted by Gasteiger charge is 2.27. The number of hydrogen-bond acceptors (Lipinski definition) is 4. The van der Waals surface area contributed by atoms with Crippen LogP contribution < -0.4 is 0 Å². The van der Waals surface area contributed by atoms with Crippen LogP contribution in [0.2, 0.25) is 0 Å². The summed E-state index contributed by atoms with van der Waals surface area (Å²) in [6, 6.07) is 1.32. The number of amides is 1. The average molecular weight is 281 g/mol. The number of aromatic nitrogens is 1. The number of carbonyl (C=O) groups is 1. The zero-order valence-corrected chi connectivity index (χ0v) is 11.5. The highest BCUT2D eigenvalue weighted by Crippen LogP contribution is 2.23. The number of carbonyl (C=O) groups excluding carboxylic acids is 1. The summed E-state index contributed by atoms with van der Waals surface area (Å²) in [6.07, 6.45) is 3.96. The molecule has 0 radical (unpaired) electrons. The highest BCUT2D eigenvalue weighted by atomic mass is 16.6. The molecule has 1 N–H and O–H groups in total.